The molecule has 100 valence electrons. The molecule has 6 nitrogen and oxygen atoms in total. The molecule has 18 heavy (non-hydrogen) atoms. The molecule has 1 aliphatic rings. The molecule has 0 saturated carbocycles. The molecule has 3 N–H and O–H groups in total. The second-order valence-corrected chi connectivity index (χ2v) is 5.63. The number of nitrogens with zero attached hydrogens (tertiary/aromatic N) is 4. The first-order chi connectivity index (χ1) is 8.52. The Kier molecular flexibility index (Phi) is 4.04. The van der Waals surface area contributed by atoms with Gasteiger partial charge in [-0.25, -0.2) is 10.8 Å². The second-order valence-electron chi connectivity index (χ2n) is 4.78. The summed E-state index contributed by atoms with van der Waals surface area (Å²) in [6.45, 7) is 6.33. The number of piperazine rings is 1. The summed E-state index contributed by atoms with van der Waals surface area (Å²) in [5, 5.41) is 0. The van der Waals surface area contributed by atoms with Crippen LogP contribution in [0.3, 0.4) is 0 Å². The van der Waals surface area contributed by atoms with Crippen molar-refractivity contribution in [2.75, 3.05) is 30.5 Å². The third-order valence-electron chi connectivity index (χ3n) is 3.51. The van der Waals surface area contributed by atoms with E-state index in [-0.39, 0.29) is 0 Å². The van der Waals surface area contributed by atoms with E-state index in [9.17, 15) is 0 Å². The van der Waals surface area contributed by atoms with Gasteiger partial charge in [0.25, 0.3) is 0 Å². The Labute approximate surface area is 116 Å². The minimum Gasteiger partial charge on any atom is -0.352 e. The smallest absolute Gasteiger partial charge is 0.239 e. The maximum Gasteiger partial charge on any atom is 0.239 e. The first-order valence-electron chi connectivity index (χ1n) is 5.99. The van der Waals surface area contributed by atoms with Crippen molar-refractivity contribution in [3.63, 3.8) is 0 Å². The van der Waals surface area contributed by atoms with Crippen LogP contribution in [-0.4, -0.2) is 47.1 Å². The second kappa shape index (κ2) is 5.38. The van der Waals surface area contributed by atoms with Gasteiger partial charge >= 0.3 is 0 Å². The highest BCUT2D eigenvalue weighted by Crippen LogP contribution is 2.27. The lowest BCUT2D eigenvalue weighted by molar-refractivity contribution is 0.169. The summed E-state index contributed by atoms with van der Waals surface area (Å²) < 4.78 is 0.894. The number of likely N-dealkylation sites (N-methyl/N-ethyl adjacent to an activating group) is 1. The van der Waals surface area contributed by atoms with E-state index in [0.29, 0.717) is 18.0 Å². The van der Waals surface area contributed by atoms with E-state index in [0.717, 1.165) is 23.4 Å². The Morgan fingerprint density at radius 3 is 2.56 bits per heavy atom. The number of hydrogen-bond acceptors (Lipinski definition) is 6. The maximum absolute atomic E-state index is 5.36. The molecule has 0 bridgehead atoms. The molecule has 2 atom stereocenters. The van der Waals surface area contributed by atoms with Gasteiger partial charge in [-0.05, 0) is 36.8 Å². The highest BCUT2D eigenvalue weighted by molar-refractivity contribution is 9.10. The summed E-state index contributed by atoms with van der Waals surface area (Å²) in [6.07, 6.45) is 1.73. The summed E-state index contributed by atoms with van der Waals surface area (Å²) >= 11 is 3.50. The molecule has 1 aromatic rings. The average Bonchev–Trinajstić information content (AvgIpc) is 2.36. The van der Waals surface area contributed by atoms with Crippen molar-refractivity contribution >= 4 is 27.7 Å². The van der Waals surface area contributed by atoms with E-state index in [4.69, 9.17) is 5.84 Å². The van der Waals surface area contributed by atoms with Crippen molar-refractivity contribution in [2.45, 2.75) is 25.9 Å². The summed E-state index contributed by atoms with van der Waals surface area (Å²) in [4.78, 5) is 13.1. The number of nitrogens with one attached hydrogen (secondary N) is 1. The van der Waals surface area contributed by atoms with Crippen molar-refractivity contribution < 1.29 is 0 Å². The Balaban J connectivity index is 2.26. The fourth-order valence-electron chi connectivity index (χ4n) is 2.23. The fourth-order valence-corrected chi connectivity index (χ4v) is 2.67. The number of rotatable bonds is 2. The molecule has 0 radical (unpaired) electrons. The van der Waals surface area contributed by atoms with Gasteiger partial charge in [-0.3, -0.25) is 10.3 Å². The molecule has 1 aromatic heterocycles. The quantitative estimate of drug-likeness (QED) is 0.628. The molecular weight excluding hydrogens is 296 g/mol. The third-order valence-corrected chi connectivity index (χ3v) is 4.07. The van der Waals surface area contributed by atoms with Gasteiger partial charge in [-0.15, -0.1) is 0 Å². The van der Waals surface area contributed by atoms with Gasteiger partial charge in [-0.1, -0.05) is 0 Å². The Hall–Kier alpha value is -0.920. The molecule has 7 heteroatoms. The number of anilines is 2. The van der Waals surface area contributed by atoms with E-state index in [1.807, 2.05) is 0 Å². The summed E-state index contributed by atoms with van der Waals surface area (Å²) in [5.74, 6) is 6.69. The van der Waals surface area contributed by atoms with Gasteiger partial charge in [0.05, 0.1) is 4.47 Å². The number of halogens is 1. The molecule has 0 aliphatic carbocycles. The Bertz CT molecular complexity index is 414. The van der Waals surface area contributed by atoms with E-state index >= 15 is 0 Å². The highest BCUT2D eigenvalue weighted by atomic mass is 79.9. The van der Waals surface area contributed by atoms with Crippen LogP contribution in [0.2, 0.25) is 0 Å². The zero-order valence-electron chi connectivity index (χ0n) is 10.9. The average molecular weight is 315 g/mol. The molecular formula is C11H19BrN6. The zero-order chi connectivity index (χ0) is 13.3. The molecule has 0 amide bonds. The van der Waals surface area contributed by atoms with Gasteiger partial charge in [0.15, 0.2) is 0 Å². The van der Waals surface area contributed by atoms with Gasteiger partial charge in [0.2, 0.25) is 5.95 Å². The Morgan fingerprint density at radius 2 is 2.00 bits per heavy atom. The SMILES string of the molecule is CC1CN(c2nc(NN)ncc2Br)CC(C)N1C. The van der Waals surface area contributed by atoms with E-state index < -0.39 is 0 Å². The number of nitrogen functional groups attached to an aromatic ring is 1. The lowest BCUT2D eigenvalue weighted by Gasteiger charge is -2.43. The van der Waals surface area contributed by atoms with Crippen molar-refractivity contribution in [3.8, 4) is 0 Å². The van der Waals surface area contributed by atoms with Gasteiger partial charge in [0, 0.05) is 31.4 Å². The van der Waals surface area contributed by atoms with E-state index in [1.54, 1.807) is 6.20 Å². The van der Waals surface area contributed by atoms with E-state index in [2.05, 4.69) is 62.0 Å². The predicted molar refractivity (Wildman–Crippen MR) is 76.4 cm³/mol. The summed E-state index contributed by atoms with van der Waals surface area (Å²) in [7, 11) is 2.16. The minimum absolute atomic E-state index is 0.437. The van der Waals surface area contributed by atoms with Crippen LogP contribution in [0.15, 0.2) is 10.7 Å². The number of aromatic nitrogens is 2. The molecule has 2 heterocycles. The topological polar surface area (TPSA) is 70.3 Å². The zero-order valence-corrected chi connectivity index (χ0v) is 12.5. The molecule has 1 fully saturated rings. The maximum atomic E-state index is 5.36. The Morgan fingerprint density at radius 1 is 1.39 bits per heavy atom. The standard InChI is InChI=1S/C11H19BrN6/c1-7-5-18(6-8(2)17(7)3)10-9(12)4-14-11(15-10)16-13/h4,7-8H,5-6,13H2,1-3H3,(H,14,15,16). The highest BCUT2D eigenvalue weighted by Gasteiger charge is 2.28. The normalized spacial score (nSPS) is 25.3. The van der Waals surface area contributed by atoms with Crippen LogP contribution in [0, 0.1) is 0 Å². The van der Waals surface area contributed by atoms with Gasteiger partial charge in [-0.2, -0.15) is 4.98 Å². The van der Waals surface area contributed by atoms with Crippen LogP contribution in [0.5, 0.6) is 0 Å². The van der Waals surface area contributed by atoms with Gasteiger partial charge < -0.3 is 4.90 Å². The summed E-state index contributed by atoms with van der Waals surface area (Å²) in [5.41, 5.74) is 2.48. The van der Waals surface area contributed by atoms with Crippen LogP contribution >= 0.6 is 15.9 Å². The first-order valence-corrected chi connectivity index (χ1v) is 6.78. The third kappa shape index (κ3) is 2.57. The minimum atomic E-state index is 0.437. The lowest BCUT2D eigenvalue weighted by atomic mass is 10.1. The number of nitrogens with two attached hydrogens (primary N) is 1. The van der Waals surface area contributed by atoms with Crippen LogP contribution < -0.4 is 16.2 Å². The molecule has 0 spiro atoms. The largest absolute Gasteiger partial charge is 0.352 e. The van der Waals surface area contributed by atoms with Crippen LogP contribution in [0.4, 0.5) is 11.8 Å². The van der Waals surface area contributed by atoms with E-state index in [1.165, 1.54) is 0 Å². The lowest BCUT2D eigenvalue weighted by Crippen LogP contribution is -2.55. The molecule has 1 saturated heterocycles. The fraction of sp³-hybridized carbons (Fsp3) is 0.636. The first kappa shape index (κ1) is 13.5. The monoisotopic (exact) mass is 314 g/mol. The number of hydrazine groups is 1. The van der Waals surface area contributed by atoms with Crippen molar-refractivity contribution in [1.29, 1.82) is 0 Å². The molecule has 0 aromatic carbocycles. The predicted octanol–water partition coefficient (Wildman–Crippen LogP) is 1.05. The van der Waals surface area contributed by atoms with Crippen LogP contribution in [0.25, 0.3) is 0 Å². The van der Waals surface area contributed by atoms with Crippen LogP contribution in [-0.2, 0) is 0 Å². The van der Waals surface area contributed by atoms with Gasteiger partial charge in [0.1, 0.15) is 5.82 Å². The van der Waals surface area contributed by atoms with Crippen LogP contribution in [0.1, 0.15) is 13.8 Å². The van der Waals surface area contributed by atoms with Crippen molar-refractivity contribution in [1.82, 2.24) is 14.9 Å². The molecule has 1 aliphatic heterocycles. The number of hydrogen-bond donors (Lipinski definition) is 2. The molecule has 2 rings (SSSR count). The summed E-state index contributed by atoms with van der Waals surface area (Å²) in [6, 6.07) is 0.981. The van der Waals surface area contributed by atoms with Crippen molar-refractivity contribution in [2.24, 2.45) is 5.84 Å². The van der Waals surface area contributed by atoms with Crippen molar-refractivity contribution in [3.05, 3.63) is 10.7 Å². The molecule has 2 unspecified atom stereocenters.